The fourth-order valence-electron chi connectivity index (χ4n) is 2.41. The molecule has 2 N–H and O–H groups in total. The zero-order valence-corrected chi connectivity index (χ0v) is 11.8. The van der Waals surface area contributed by atoms with Gasteiger partial charge in [0.15, 0.2) is 0 Å². The largest absolute Gasteiger partial charge is 0.350 e. The molecule has 0 spiro atoms. The molecule has 0 aliphatic heterocycles. The lowest BCUT2D eigenvalue weighted by atomic mass is 9.98. The van der Waals surface area contributed by atoms with Gasteiger partial charge < -0.3 is 10.6 Å². The van der Waals surface area contributed by atoms with Crippen molar-refractivity contribution in [3.63, 3.8) is 0 Å². The molecule has 0 aromatic carbocycles. The molecule has 0 aromatic rings. The van der Waals surface area contributed by atoms with Crippen LogP contribution < -0.4 is 10.6 Å². The summed E-state index contributed by atoms with van der Waals surface area (Å²) in [6.45, 7) is 9.97. The Balaban J connectivity index is 2.16. The SMILES string of the molecule is CCC(C)(C)NC(=O)CNCC1CCCC1C. The van der Waals surface area contributed by atoms with Gasteiger partial charge in [0, 0.05) is 5.54 Å². The van der Waals surface area contributed by atoms with Gasteiger partial charge in [0.2, 0.25) is 5.91 Å². The normalized spacial score (nSPS) is 24.9. The summed E-state index contributed by atoms with van der Waals surface area (Å²) in [5, 5.41) is 6.33. The van der Waals surface area contributed by atoms with E-state index in [1.165, 1.54) is 19.3 Å². The van der Waals surface area contributed by atoms with Crippen molar-refractivity contribution in [1.29, 1.82) is 0 Å². The van der Waals surface area contributed by atoms with Crippen molar-refractivity contribution >= 4 is 5.91 Å². The first-order valence-corrected chi connectivity index (χ1v) is 6.96. The van der Waals surface area contributed by atoms with Crippen LogP contribution >= 0.6 is 0 Å². The van der Waals surface area contributed by atoms with Crippen LogP contribution in [0.4, 0.5) is 0 Å². The molecule has 100 valence electrons. The van der Waals surface area contributed by atoms with Crippen molar-refractivity contribution in [1.82, 2.24) is 10.6 Å². The van der Waals surface area contributed by atoms with Gasteiger partial charge >= 0.3 is 0 Å². The van der Waals surface area contributed by atoms with Gasteiger partial charge in [-0.3, -0.25) is 4.79 Å². The van der Waals surface area contributed by atoms with Crippen molar-refractivity contribution in [3.8, 4) is 0 Å². The Bertz CT molecular complexity index is 251. The van der Waals surface area contributed by atoms with Gasteiger partial charge in [-0.2, -0.15) is 0 Å². The maximum Gasteiger partial charge on any atom is 0.234 e. The Morgan fingerprint density at radius 3 is 2.59 bits per heavy atom. The third kappa shape index (κ3) is 5.07. The van der Waals surface area contributed by atoms with Crippen LogP contribution in [0, 0.1) is 11.8 Å². The molecular formula is C14H28N2O. The Morgan fingerprint density at radius 2 is 2.06 bits per heavy atom. The van der Waals surface area contributed by atoms with Gasteiger partial charge in [-0.15, -0.1) is 0 Å². The highest BCUT2D eigenvalue weighted by atomic mass is 16.2. The molecule has 2 unspecified atom stereocenters. The van der Waals surface area contributed by atoms with Crippen LogP contribution in [0.1, 0.15) is 53.4 Å². The second-order valence-corrected chi connectivity index (χ2v) is 6.08. The van der Waals surface area contributed by atoms with Gasteiger partial charge in [-0.05, 0) is 45.1 Å². The summed E-state index contributed by atoms with van der Waals surface area (Å²) in [5.41, 5.74) is -0.0839. The van der Waals surface area contributed by atoms with Crippen molar-refractivity contribution < 1.29 is 4.79 Å². The summed E-state index contributed by atoms with van der Waals surface area (Å²) < 4.78 is 0. The van der Waals surface area contributed by atoms with Crippen LogP contribution in [0.5, 0.6) is 0 Å². The van der Waals surface area contributed by atoms with E-state index < -0.39 is 0 Å². The molecule has 17 heavy (non-hydrogen) atoms. The zero-order chi connectivity index (χ0) is 12.9. The second kappa shape index (κ2) is 6.39. The number of carbonyl (C=O) groups excluding carboxylic acids is 1. The number of nitrogens with one attached hydrogen (secondary N) is 2. The predicted octanol–water partition coefficient (Wildman–Crippen LogP) is 2.32. The lowest BCUT2D eigenvalue weighted by Crippen LogP contribution is -2.47. The molecule has 0 radical (unpaired) electrons. The molecular weight excluding hydrogens is 212 g/mol. The van der Waals surface area contributed by atoms with Crippen molar-refractivity contribution in [2.75, 3.05) is 13.1 Å². The summed E-state index contributed by atoms with van der Waals surface area (Å²) in [6, 6.07) is 0. The van der Waals surface area contributed by atoms with Crippen LogP contribution in [0.2, 0.25) is 0 Å². The molecule has 1 aliphatic carbocycles. The van der Waals surface area contributed by atoms with E-state index in [1.807, 2.05) is 0 Å². The van der Waals surface area contributed by atoms with Crippen molar-refractivity contribution in [2.45, 2.75) is 58.9 Å². The molecule has 3 nitrogen and oxygen atoms in total. The lowest BCUT2D eigenvalue weighted by Gasteiger charge is -2.25. The summed E-state index contributed by atoms with van der Waals surface area (Å²) in [4.78, 5) is 11.7. The number of carbonyl (C=O) groups is 1. The average Bonchev–Trinajstić information content (AvgIpc) is 2.64. The van der Waals surface area contributed by atoms with Crippen LogP contribution in [-0.2, 0) is 4.79 Å². The first-order valence-electron chi connectivity index (χ1n) is 6.96. The van der Waals surface area contributed by atoms with E-state index in [0.717, 1.165) is 24.8 Å². The van der Waals surface area contributed by atoms with E-state index >= 15 is 0 Å². The fraction of sp³-hybridized carbons (Fsp3) is 0.929. The second-order valence-electron chi connectivity index (χ2n) is 6.08. The number of hydrogen-bond donors (Lipinski definition) is 2. The minimum Gasteiger partial charge on any atom is -0.350 e. The molecule has 0 heterocycles. The van der Waals surface area contributed by atoms with Crippen LogP contribution in [0.25, 0.3) is 0 Å². The number of rotatable bonds is 6. The molecule has 0 bridgehead atoms. The zero-order valence-electron chi connectivity index (χ0n) is 11.8. The first-order chi connectivity index (χ1) is 7.94. The molecule has 1 saturated carbocycles. The van der Waals surface area contributed by atoms with Crippen LogP contribution in [0.3, 0.4) is 0 Å². The summed E-state index contributed by atoms with van der Waals surface area (Å²) in [5.74, 6) is 1.70. The standard InChI is InChI=1S/C14H28N2O/c1-5-14(3,4)16-13(17)10-15-9-12-8-6-7-11(12)2/h11-12,15H,5-10H2,1-4H3,(H,16,17). The molecule has 1 aliphatic rings. The van der Waals surface area contributed by atoms with E-state index in [-0.39, 0.29) is 11.4 Å². The third-order valence-corrected chi connectivity index (χ3v) is 4.09. The maximum absolute atomic E-state index is 11.7. The quantitative estimate of drug-likeness (QED) is 0.748. The highest BCUT2D eigenvalue weighted by molar-refractivity contribution is 5.78. The van der Waals surface area contributed by atoms with E-state index in [4.69, 9.17) is 0 Å². The highest BCUT2D eigenvalue weighted by Crippen LogP contribution is 2.30. The van der Waals surface area contributed by atoms with Crippen LogP contribution in [0.15, 0.2) is 0 Å². The number of amides is 1. The molecule has 1 fully saturated rings. The summed E-state index contributed by atoms with van der Waals surface area (Å²) in [7, 11) is 0. The van der Waals surface area contributed by atoms with Crippen molar-refractivity contribution in [2.24, 2.45) is 11.8 Å². The molecule has 3 heteroatoms. The van der Waals surface area contributed by atoms with Gasteiger partial charge in [-0.25, -0.2) is 0 Å². The van der Waals surface area contributed by atoms with Crippen LogP contribution in [-0.4, -0.2) is 24.5 Å². The topological polar surface area (TPSA) is 41.1 Å². The molecule has 0 saturated heterocycles. The van der Waals surface area contributed by atoms with E-state index in [1.54, 1.807) is 0 Å². The lowest BCUT2D eigenvalue weighted by molar-refractivity contribution is -0.121. The minimum atomic E-state index is -0.0839. The molecule has 1 rings (SSSR count). The van der Waals surface area contributed by atoms with E-state index in [9.17, 15) is 4.79 Å². The Morgan fingerprint density at radius 1 is 1.35 bits per heavy atom. The number of hydrogen-bond acceptors (Lipinski definition) is 2. The Hall–Kier alpha value is -0.570. The average molecular weight is 240 g/mol. The van der Waals surface area contributed by atoms with E-state index in [0.29, 0.717) is 6.54 Å². The predicted molar refractivity (Wildman–Crippen MR) is 71.9 cm³/mol. The minimum absolute atomic E-state index is 0.0839. The van der Waals surface area contributed by atoms with Crippen molar-refractivity contribution in [3.05, 3.63) is 0 Å². The molecule has 0 aromatic heterocycles. The first kappa shape index (κ1) is 14.5. The van der Waals surface area contributed by atoms with E-state index in [2.05, 4.69) is 38.3 Å². The fourth-order valence-corrected chi connectivity index (χ4v) is 2.41. The smallest absolute Gasteiger partial charge is 0.234 e. The van der Waals surface area contributed by atoms with Gasteiger partial charge in [0.1, 0.15) is 0 Å². The third-order valence-electron chi connectivity index (χ3n) is 4.09. The monoisotopic (exact) mass is 240 g/mol. The molecule has 2 atom stereocenters. The Kier molecular flexibility index (Phi) is 5.44. The maximum atomic E-state index is 11.7. The highest BCUT2D eigenvalue weighted by Gasteiger charge is 2.23. The van der Waals surface area contributed by atoms with Gasteiger partial charge in [0.25, 0.3) is 0 Å². The summed E-state index contributed by atoms with van der Waals surface area (Å²) >= 11 is 0. The summed E-state index contributed by atoms with van der Waals surface area (Å²) in [6.07, 6.45) is 4.97. The Labute approximate surface area is 106 Å². The van der Waals surface area contributed by atoms with Gasteiger partial charge in [0.05, 0.1) is 6.54 Å². The van der Waals surface area contributed by atoms with Gasteiger partial charge in [-0.1, -0.05) is 26.7 Å². The molecule has 1 amide bonds.